The molecule has 2 amide bonds. The van der Waals surface area contributed by atoms with E-state index in [4.69, 9.17) is 0 Å². The van der Waals surface area contributed by atoms with Crippen LogP contribution < -0.4 is 10.2 Å². The Morgan fingerprint density at radius 1 is 1.00 bits per heavy atom. The number of amides is 2. The molecule has 7 heteroatoms. The van der Waals surface area contributed by atoms with Crippen molar-refractivity contribution in [2.75, 3.05) is 31.1 Å². The van der Waals surface area contributed by atoms with Crippen molar-refractivity contribution in [2.45, 2.75) is 20.4 Å². The van der Waals surface area contributed by atoms with Crippen molar-refractivity contribution in [2.24, 2.45) is 0 Å². The van der Waals surface area contributed by atoms with Crippen LogP contribution in [-0.4, -0.2) is 53.1 Å². The molecule has 7 nitrogen and oxygen atoms in total. The summed E-state index contributed by atoms with van der Waals surface area (Å²) in [5, 5.41) is 11.1. The van der Waals surface area contributed by atoms with Crippen LogP contribution in [0, 0.1) is 6.92 Å². The number of aromatic nitrogens is 2. The summed E-state index contributed by atoms with van der Waals surface area (Å²) in [6, 6.07) is 11.5. The van der Waals surface area contributed by atoms with Crippen molar-refractivity contribution in [3.05, 3.63) is 53.2 Å². The summed E-state index contributed by atoms with van der Waals surface area (Å²) in [5.41, 5.74) is 2.52. The number of carbonyl (C=O) groups is 2. The molecule has 0 radical (unpaired) electrons. The van der Waals surface area contributed by atoms with Gasteiger partial charge in [-0.2, -0.15) is 0 Å². The van der Waals surface area contributed by atoms with E-state index in [2.05, 4.69) is 20.4 Å². The van der Waals surface area contributed by atoms with Crippen LogP contribution in [0.5, 0.6) is 0 Å². The molecule has 0 unspecified atom stereocenters. The summed E-state index contributed by atoms with van der Waals surface area (Å²) in [6.45, 7) is 6.85. The molecule has 1 aliphatic rings. The Morgan fingerprint density at radius 2 is 1.69 bits per heavy atom. The molecule has 0 spiro atoms. The predicted molar refractivity (Wildman–Crippen MR) is 98.8 cm³/mol. The second-order valence-electron chi connectivity index (χ2n) is 6.44. The van der Waals surface area contributed by atoms with E-state index in [-0.39, 0.29) is 11.8 Å². The van der Waals surface area contributed by atoms with Crippen molar-refractivity contribution in [3.8, 4) is 0 Å². The molecule has 3 rings (SSSR count). The molecule has 136 valence electrons. The first-order valence-corrected chi connectivity index (χ1v) is 8.71. The number of piperazine rings is 1. The van der Waals surface area contributed by atoms with Crippen LogP contribution in [0.1, 0.15) is 28.5 Å². The minimum Gasteiger partial charge on any atom is -0.352 e. The Bertz CT molecular complexity index is 766. The highest BCUT2D eigenvalue weighted by molar-refractivity contribution is 5.92. The van der Waals surface area contributed by atoms with E-state index in [1.54, 1.807) is 19.1 Å². The molecule has 1 aromatic carbocycles. The van der Waals surface area contributed by atoms with Gasteiger partial charge in [-0.25, -0.2) is 0 Å². The average Bonchev–Trinajstić information content (AvgIpc) is 2.67. The monoisotopic (exact) mass is 353 g/mol. The molecule has 1 saturated heterocycles. The summed E-state index contributed by atoms with van der Waals surface area (Å²) in [5.74, 6) is 0.575. The number of anilines is 1. The van der Waals surface area contributed by atoms with Gasteiger partial charge in [-0.05, 0) is 24.6 Å². The highest BCUT2D eigenvalue weighted by Gasteiger charge is 2.20. The first kappa shape index (κ1) is 17.8. The highest BCUT2D eigenvalue weighted by Crippen LogP contribution is 2.13. The number of benzene rings is 1. The summed E-state index contributed by atoms with van der Waals surface area (Å²) in [6.07, 6.45) is 0. The van der Waals surface area contributed by atoms with E-state index in [1.165, 1.54) is 5.56 Å². The van der Waals surface area contributed by atoms with Crippen LogP contribution in [0.2, 0.25) is 0 Å². The van der Waals surface area contributed by atoms with E-state index < -0.39 is 0 Å². The quantitative estimate of drug-likeness (QED) is 0.898. The van der Waals surface area contributed by atoms with Crippen LogP contribution in [0.3, 0.4) is 0 Å². The summed E-state index contributed by atoms with van der Waals surface area (Å²) in [7, 11) is 0. The van der Waals surface area contributed by atoms with Gasteiger partial charge >= 0.3 is 0 Å². The van der Waals surface area contributed by atoms with Crippen LogP contribution >= 0.6 is 0 Å². The number of hydrogen-bond acceptors (Lipinski definition) is 5. The maximum atomic E-state index is 12.2. The minimum absolute atomic E-state index is 0.0938. The van der Waals surface area contributed by atoms with E-state index in [9.17, 15) is 9.59 Å². The molecule has 0 aliphatic carbocycles. The molecule has 2 aromatic rings. The van der Waals surface area contributed by atoms with E-state index in [1.807, 2.05) is 36.1 Å². The van der Waals surface area contributed by atoms with E-state index >= 15 is 0 Å². The van der Waals surface area contributed by atoms with Gasteiger partial charge in [0.15, 0.2) is 11.5 Å². The number of nitrogens with one attached hydrogen (secondary N) is 1. The Balaban J connectivity index is 1.54. The van der Waals surface area contributed by atoms with Crippen molar-refractivity contribution >= 4 is 17.6 Å². The number of carbonyl (C=O) groups excluding carboxylic acids is 2. The second-order valence-corrected chi connectivity index (χ2v) is 6.44. The lowest BCUT2D eigenvalue weighted by molar-refractivity contribution is -0.129. The second kappa shape index (κ2) is 7.95. The molecular formula is C19H23N5O2. The van der Waals surface area contributed by atoms with E-state index in [0.29, 0.717) is 38.4 Å². The normalized spacial score (nSPS) is 14.2. The molecule has 0 atom stereocenters. The highest BCUT2D eigenvalue weighted by atomic mass is 16.2. The van der Waals surface area contributed by atoms with Gasteiger partial charge < -0.3 is 15.1 Å². The molecule has 26 heavy (non-hydrogen) atoms. The number of aryl methyl sites for hydroxylation is 1. The third-order valence-electron chi connectivity index (χ3n) is 4.51. The fraction of sp³-hybridized carbons (Fsp3) is 0.368. The van der Waals surface area contributed by atoms with Gasteiger partial charge in [-0.3, -0.25) is 9.59 Å². The SMILES string of the molecule is CC(=O)N1CCN(c2ccc(C(=O)NCc3ccc(C)cc3)nn2)CC1. The molecule has 1 N–H and O–H groups in total. The summed E-state index contributed by atoms with van der Waals surface area (Å²) >= 11 is 0. The molecular weight excluding hydrogens is 330 g/mol. The van der Waals surface area contributed by atoms with E-state index in [0.717, 1.165) is 11.4 Å². The maximum absolute atomic E-state index is 12.2. The fourth-order valence-corrected chi connectivity index (χ4v) is 2.84. The first-order valence-electron chi connectivity index (χ1n) is 8.71. The standard InChI is InChI=1S/C19H23N5O2/c1-14-3-5-16(6-4-14)13-20-19(26)17-7-8-18(22-21-17)24-11-9-23(10-12-24)15(2)25/h3-8H,9-13H2,1-2H3,(H,20,26). The molecule has 0 bridgehead atoms. The Kier molecular flexibility index (Phi) is 5.46. The fourth-order valence-electron chi connectivity index (χ4n) is 2.84. The van der Waals surface area contributed by atoms with Crippen LogP contribution in [0.25, 0.3) is 0 Å². The summed E-state index contributed by atoms with van der Waals surface area (Å²) in [4.78, 5) is 27.5. The average molecular weight is 353 g/mol. The zero-order valence-corrected chi connectivity index (χ0v) is 15.1. The Hall–Kier alpha value is -2.96. The smallest absolute Gasteiger partial charge is 0.272 e. The predicted octanol–water partition coefficient (Wildman–Crippen LogP) is 1.38. The van der Waals surface area contributed by atoms with Gasteiger partial charge in [0, 0.05) is 39.6 Å². The lowest BCUT2D eigenvalue weighted by Gasteiger charge is -2.34. The molecule has 1 fully saturated rings. The third-order valence-corrected chi connectivity index (χ3v) is 4.51. The van der Waals surface area contributed by atoms with Gasteiger partial charge in [0.2, 0.25) is 5.91 Å². The zero-order valence-electron chi connectivity index (χ0n) is 15.1. The number of rotatable bonds is 4. The molecule has 1 aromatic heterocycles. The van der Waals surface area contributed by atoms with Crippen molar-refractivity contribution in [1.82, 2.24) is 20.4 Å². The molecule has 2 heterocycles. The van der Waals surface area contributed by atoms with Gasteiger partial charge in [0.1, 0.15) is 0 Å². The van der Waals surface area contributed by atoms with Gasteiger partial charge in [-0.15, -0.1) is 10.2 Å². The topological polar surface area (TPSA) is 78.4 Å². The lowest BCUT2D eigenvalue weighted by Crippen LogP contribution is -2.48. The number of nitrogens with zero attached hydrogens (tertiary/aromatic N) is 4. The minimum atomic E-state index is -0.244. The largest absolute Gasteiger partial charge is 0.352 e. The summed E-state index contributed by atoms with van der Waals surface area (Å²) < 4.78 is 0. The lowest BCUT2D eigenvalue weighted by atomic mass is 10.1. The molecule has 0 saturated carbocycles. The Labute approximate surface area is 153 Å². The maximum Gasteiger partial charge on any atom is 0.272 e. The van der Waals surface area contributed by atoms with Crippen molar-refractivity contribution in [3.63, 3.8) is 0 Å². The Morgan fingerprint density at radius 3 is 2.27 bits per heavy atom. The van der Waals surface area contributed by atoms with Crippen LogP contribution in [0.15, 0.2) is 36.4 Å². The van der Waals surface area contributed by atoms with Crippen molar-refractivity contribution in [1.29, 1.82) is 0 Å². The molecule has 1 aliphatic heterocycles. The first-order chi connectivity index (χ1) is 12.5. The van der Waals surface area contributed by atoms with Crippen LogP contribution in [0.4, 0.5) is 5.82 Å². The van der Waals surface area contributed by atoms with Gasteiger partial charge in [0.05, 0.1) is 0 Å². The van der Waals surface area contributed by atoms with Crippen molar-refractivity contribution < 1.29 is 9.59 Å². The van der Waals surface area contributed by atoms with Gasteiger partial charge in [-0.1, -0.05) is 29.8 Å². The number of hydrogen-bond donors (Lipinski definition) is 1. The third kappa shape index (κ3) is 4.36. The zero-order chi connectivity index (χ0) is 18.5. The van der Waals surface area contributed by atoms with Crippen LogP contribution in [-0.2, 0) is 11.3 Å². The van der Waals surface area contributed by atoms with Gasteiger partial charge in [0.25, 0.3) is 5.91 Å².